The minimum absolute atomic E-state index is 0.123. The van der Waals surface area contributed by atoms with Crippen LogP contribution in [-0.2, 0) is 14.8 Å². The van der Waals surface area contributed by atoms with Gasteiger partial charge in [0.1, 0.15) is 10.6 Å². The van der Waals surface area contributed by atoms with Crippen LogP contribution in [0.25, 0.3) is 10.9 Å². The highest BCUT2D eigenvalue weighted by molar-refractivity contribution is 9.10. The van der Waals surface area contributed by atoms with Crippen molar-refractivity contribution in [1.82, 2.24) is 9.29 Å². The lowest BCUT2D eigenvalue weighted by atomic mass is 10.2. The number of H-pyrrole nitrogens is 1. The van der Waals surface area contributed by atoms with Gasteiger partial charge in [0.2, 0.25) is 10.0 Å². The van der Waals surface area contributed by atoms with Crippen molar-refractivity contribution in [2.45, 2.75) is 4.90 Å². The standard InChI is InChI=1S/C13H15BrN4O4S/c14-8-5-7-10(6-9(8)15)17-11(13(16)19)12(7)23(20,21)18-1-3-22-4-2-18/h5-6,17H,1-4,15H2,(H2,16,19). The number of hydrogen-bond donors (Lipinski definition) is 3. The van der Waals surface area contributed by atoms with Gasteiger partial charge >= 0.3 is 0 Å². The molecule has 3 rings (SSSR count). The minimum atomic E-state index is -3.89. The van der Waals surface area contributed by atoms with Gasteiger partial charge in [-0.2, -0.15) is 4.31 Å². The first-order chi connectivity index (χ1) is 10.8. The molecule has 1 aliphatic rings. The maximum Gasteiger partial charge on any atom is 0.266 e. The molecule has 0 spiro atoms. The van der Waals surface area contributed by atoms with E-state index in [-0.39, 0.29) is 23.7 Å². The van der Waals surface area contributed by atoms with Crippen molar-refractivity contribution in [3.05, 3.63) is 22.3 Å². The number of ether oxygens (including phenoxy) is 1. The van der Waals surface area contributed by atoms with E-state index < -0.39 is 15.9 Å². The number of hydrogen-bond acceptors (Lipinski definition) is 5. The molecule has 2 heterocycles. The third-order valence-corrected chi connectivity index (χ3v) is 6.35. The van der Waals surface area contributed by atoms with Crippen LogP contribution in [0.1, 0.15) is 10.5 Å². The average molecular weight is 403 g/mol. The van der Waals surface area contributed by atoms with E-state index in [1.54, 1.807) is 12.1 Å². The Morgan fingerprint density at radius 1 is 1.30 bits per heavy atom. The Bertz CT molecular complexity index is 887. The molecule has 0 bridgehead atoms. The van der Waals surface area contributed by atoms with Gasteiger partial charge in [-0.3, -0.25) is 4.79 Å². The molecule has 1 amide bonds. The predicted molar refractivity (Wildman–Crippen MR) is 88.5 cm³/mol. The van der Waals surface area contributed by atoms with E-state index in [2.05, 4.69) is 20.9 Å². The lowest BCUT2D eigenvalue weighted by Gasteiger charge is -2.26. The number of halogens is 1. The lowest BCUT2D eigenvalue weighted by Crippen LogP contribution is -2.41. The van der Waals surface area contributed by atoms with Crippen LogP contribution in [0.2, 0.25) is 0 Å². The zero-order valence-electron chi connectivity index (χ0n) is 12.0. The Kier molecular flexibility index (Phi) is 4.08. The fourth-order valence-electron chi connectivity index (χ4n) is 2.56. The van der Waals surface area contributed by atoms with Gasteiger partial charge in [0.25, 0.3) is 5.91 Å². The van der Waals surface area contributed by atoms with Crippen molar-refractivity contribution >= 4 is 48.5 Å². The predicted octanol–water partition coefficient (Wildman–Crippen LogP) is 0.632. The van der Waals surface area contributed by atoms with Crippen molar-refractivity contribution in [2.24, 2.45) is 5.73 Å². The molecule has 5 N–H and O–H groups in total. The zero-order chi connectivity index (χ0) is 16.8. The SMILES string of the molecule is NC(=O)c1[nH]c2cc(N)c(Br)cc2c1S(=O)(=O)N1CCOCC1. The average Bonchev–Trinajstić information content (AvgIpc) is 2.88. The fourth-order valence-corrected chi connectivity index (χ4v) is 4.65. The van der Waals surface area contributed by atoms with Gasteiger partial charge in [0, 0.05) is 34.2 Å². The van der Waals surface area contributed by atoms with Gasteiger partial charge in [0.05, 0.1) is 13.2 Å². The molecule has 10 heteroatoms. The summed E-state index contributed by atoms with van der Waals surface area (Å²) in [6.45, 7) is 1.07. The number of rotatable bonds is 3. The van der Waals surface area contributed by atoms with Gasteiger partial charge in [-0.25, -0.2) is 8.42 Å². The number of primary amides is 1. The topological polar surface area (TPSA) is 132 Å². The number of anilines is 1. The molecular formula is C13H15BrN4O4S. The van der Waals surface area contributed by atoms with Crippen LogP contribution < -0.4 is 11.5 Å². The zero-order valence-corrected chi connectivity index (χ0v) is 14.4. The van der Waals surface area contributed by atoms with Gasteiger partial charge in [-0.05, 0) is 28.1 Å². The van der Waals surface area contributed by atoms with Crippen LogP contribution in [0.5, 0.6) is 0 Å². The number of carbonyl (C=O) groups is 1. The summed E-state index contributed by atoms with van der Waals surface area (Å²) in [7, 11) is -3.89. The highest BCUT2D eigenvalue weighted by atomic mass is 79.9. The number of aromatic amines is 1. The second-order valence-electron chi connectivity index (χ2n) is 5.13. The maximum atomic E-state index is 13.0. The summed E-state index contributed by atoms with van der Waals surface area (Å²) in [6.07, 6.45) is 0. The number of amides is 1. The number of benzene rings is 1. The summed E-state index contributed by atoms with van der Waals surface area (Å²) < 4.78 is 33.0. The van der Waals surface area contributed by atoms with E-state index in [1.807, 2.05) is 0 Å². The van der Waals surface area contributed by atoms with Gasteiger partial charge in [-0.1, -0.05) is 0 Å². The summed E-state index contributed by atoms with van der Waals surface area (Å²) >= 11 is 3.28. The first kappa shape index (κ1) is 16.2. The van der Waals surface area contributed by atoms with Gasteiger partial charge < -0.3 is 21.2 Å². The summed E-state index contributed by atoms with van der Waals surface area (Å²) in [5.74, 6) is -0.845. The summed E-state index contributed by atoms with van der Waals surface area (Å²) in [5.41, 5.74) is 11.9. The van der Waals surface area contributed by atoms with Crippen LogP contribution in [-0.4, -0.2) is 49.9 Å². The highest BCUT2D eigenvalue weighted by Gasteiger charge is 2.33. The number of nitrogens with one attached hydrogen (secondary N) is 1. The van der Waals surface area contributed by atoms with Crippen LogP contribution in [0.3, 0.4) is 0 Å². The molecule has 8 nitrogen and oxygen atoms in total. The molecule has 0 atom stereocenters. The second kappa shape index (κ2) is 5.78. The summed E-state index contributed by atoms with van der Waals surface area (Å²) in [5, 5.41) is 0.367. The molecule has 23 heavy (non-hydrogen) atoms. The minimum Gasteiger partial charge on any atom is -0.398 e. The number of nitrogen functional groups attached to an aromatic ring is 1. The van der Waals surface area contributed by atoms with Gasteiger partial charge in [-0.15, -0.1) is 0 Å². The molecule has 124 valence electrons. The van der Waals surface area contributed by atoms with Crippen molar-refractivity contribution in [3.63, 3.8) is 0 Å². The summed E-state index contributed by atoms with van der Waals surface area (Å²) in [6, 6.07) is 3.13. The third-order valence-electron chi connectivity index (χ3n) is 3.68. The Morgan fingerprint density at radius 3 is 2.57 bits per heavy atom. The number of sulfonamides is 1. The van der Waals surface area contributed by atoms with Crippen LogP contribution >= 0.6 is 15.9 Å². The molecule has 0 radical (unpaired) electrons. The van der Waals surface area contributed by atoms with Crippen molar-refractivity contribution in [3.8, 4) is 0 Å². The van der Waals surface area contributed by atoms with E-state index in [0.717, 1.165) is 0 Å². The number of fused-ring (bicyclic) bond motifs is 1. The molecule has 0 unspecified atom stereocenters. The Morgan fingerprint density at radius 2 is 1.96 bits per heavy atom. The van der Waals surface area contributed by atoms with Crippen molar-refractivity contribution in [2.75, 3.05) is 32.0 Å². The Hall–Kier alpha value is -1.62. The first-order valence-corrected chi connectivity index (χ1v) is 9.04. The van der Waals surface area contributed by atoms with E-state index >= 15 is 0 Å². The van der Waals surface area contributed by atoms with Crippen molar-refractivity contribution in [1.29, 1.82) is 0 Å². The number of nitrogens with zero attached hydrogens (tertiary/aromatic N) is 1. The highest BCUT2D eigenvalue weighted by Crippen LogP contribution is 2.34. The van der Waals surface area contributed by atoms with Gasteiger partial charge in [0.15, 0.2) is 0 Å². The first-order valence-electron chi connectivity index (χ1n) is 6.80. The Balaban J connectivity index is 2.27. The molecule has 0 aliphatic carbocycles. The van der Waals surface area contributed by atoms with E-state index in [1.165, 1.54) is 4.31 Å². The largest absolute Gasteiger partial charge is 0.398 e. The number of carbonyl (C=O) groups excluding carboxylic acids is 1. The second-order valence-corrected chi connectivity index (χ2v) is 7.86. The van der Waals surface area contributed by atoms with Crippen LogP contribution in [0.4, 0.5) is 5.69 Å². The molecule has 0 saturated carbocycles. The normalized spacial score (nSPS) is 16.7. The quantitative estimate of drug-likeness (QED) is 0.647. The third kappa shape index (κ3) is 2.71. The van der Waals surface area contributed by atoms with Crippen LogP contribution in [0, 0.1) is 0 Å². The van der Waals surface area contributed by atoms with E-state index in [9.17, 15) is 13.2 Å². The molecule has 1 aromatic carbocycles. The maximum absolute atomic E-state index is 13.0. The molecule has 1 saturated heterocycles. The molecular weight excluding hydrogens is 388 g/mol. The van der Waals surface area contributed by atoms with E-state index in [4.69, 9.17) is 16.2 Å². The summed E-state index contributed by atoms with van der Waals surface area (Å²) in [4.78, 5) is 14.4. The molecule has 2 aromatic rings. The van der Waals surface area contributed by atoms with E-state index in [0.29, 0.717) is 34.3 Å². The number of morpholine rings is 1. The van der Waals surface area contributed by atoms with Crippen LogP contribution in [0.15, 0.2) is 21.5 Å². The monoisotopic (exact) mass is 402 g/mol. The fraction of sp³-hybridized carbons (Fsp3) is 0.308. The number of nitrogens with two attached hydrogens (primary N) is 2. The lowest BCUT2D eigenvalue weighted by molar-refractivity contribution is 0.0730. The molecule has 1 aliphatic heterocycles. The molecule has 1 fully saturated rings. The van der Waals surface area contributed by atoms with Crippen molar-refractivity contribution < 1.29 is 17.9 Å². The smallest absolute Gasteiger partial charge is 0.266 e. The Labute approximate surface area is 140 Å². The molecule has 1 aromatic heterocycles. The number of aromatic nitrogens is 1.